The van der Waals surface area contributed by atoms with Crippen molar-refractivity contribution in [3.8, 4) is 0 Å². The van der Waals surface area contributed by atoms with Gasteiger partial charge in [-0.05, 0) is 26.7 Å². The maximum Gasteiger partial charge on any atom is 0.249 e. The summed E-state index contributed by atoms with van der Waals surface area (Å²) in [7, 11) is 1.85. The van der Waals surface area contributed by atoms with E-state index in [0.29, 0.717) is 6.04 Å². The fourth-order valence-corrected chi connectivity index (χ4v) is 2.76. The summed E-state index contributed by atoms with van der Waals surface area (Å²) >= 11 is 0. The van der Waals surface area contributed by atoms with Crippen molar-refractivity contribution >= 4 is 17.6 Å². The van der Waals surface area contributed by atoms with Gasteiger partial charge in [-0.1, -0.05) is 0 Å². The zero-order valence-corrected chi connectivity index (χ0v) is 12.6. The minimum absolute atomic E-state index is 0.183. The van der Waals surface area contributed by atoms with Crippen molar-refractivity contribution in [2.24, 2.45) is 7.05 Å². The van der Waals surface area contributed by atoms with E-state index in [-0.39, 0.29) is 24.4 Å². The molecule has 1 aromatic heterocycles. The number of nitrogens with zero attached hydrogens (tertiary/aromatic N) is 3. The van der Waals surface area contributed by atoms with Crippen LogP contribution in [0.25, 0.3) is 0 Å². The number of carbonyl (C=O) groups is 2. The number of piperazine rings is 1. The molecule has 7 nitrogen and oxygen atoms in total. The van der Waals surface area contributed by atoms with Gasteiger partial charge in [0.15, 0.2) is 0 Å². The Morgan fingerprint density at radius 2 is 2.10 bits per heavy atom. The van der Waals surface area contributed by atoms with Gasteiger partial charge in [-0.25, -0.2) is 0 Å². The molecule has 1 unspecified atom stereocenters. The Balaban J connectivity index is 1.91. The smallest absolute Gasteiger partial charge is 0.249 e. The van der Waals surface area contributed by atoms with Crippen molar-refractivity contribution in [2.75, 3.05) is 11.4 Å². The quantitative estimate of drug-likeness (QED) is 0.753. The third-order valence-corrected chi connectivity index (χ3v) is 4.15. The molecule has 0 bridgehead atoms. The molecule has 7 heteroatoms. The summed E-state index contributed by atoms with van der Waals surface area (Å²) in [5.74, 6) is 0.334. The Morgan fingerprint density at radius 1 is 1.38 bits per heavy atom. The molecule has 1 aromatic rings. The van der Waals surface area contributed by atoms with Gasteiger partial charge in [0.1, 0.15) is 11.9 Å². The molecule has 2 heterocycles. The summed E-state index contributed by atoms with van der Waals surface area (Å²) in [6.45, 7) is 4.67. The van der Waals surface area contributed by atoms with Gasteiger partial charge in [-0.2, -0.15) is 5.10 Å². The van der Waals surface area contributed by atoms with Crippen LogP contribution in [0.2, 0.25) is 0 Å². The molecule has 21 heavy (non-hydrogen) atoms. The number of amides is 2. The SMILES string of the molecule is Cc1nn(C)c(N2CC(=O)NC(=O)C2C)c1CNC1CC1. The summed E-state index contributed by atoms with van der Waals surface area (Å²) < 4.78 is 1.77. The standard InChI is InChI=1S/C14H21N5O2/c1-8-11(6-15-10-4-5-10)14(18(3)17-8)19-7-12(20)16-13(21)9(19)2/h9-10,15H,4-7H2,1-3H3,(H,16,20,21). The number of aryl methyl sites for hydroxylation is 2. The van der Waals surface area contributed by atoms with Crippen molar-refractivity contribution in [2.45, 2.75) is 45.3 Å². The van der Waals surface area contributed by atoms with E-state index >= 15 is 0 Å². The summed E-state index contributed by atoms with van der Waals surface area (Å²) in [4.78, 5) is 25.4. The highest BCUT2D eigenvalue weighted by Crippen LogP contribution is 2.27. The second-order valence-electron chi connectivity index (χ2n) is 5.88. The van der Waals surface area contributed by atoms with Crippen LogP contribution in [0.3, 0.4) is 0 Å². The minimum atomic E-state index is -0.378. The Hall–Kier alpha value is -1.89. The maximum atomic E-state index is 11.9. The lowest BCUT2D eigenvalue weighted by Gasteiger charge is -2.34. The van der Waals surface area contributed by atoms with Crippen molar-refractivity contribution in [3.05, 3.63) is 11.3 Å². The van der Waals surface area contributed by atoms with Crippen molar-refractivity contribution in [3.63, 3.8) is 0 Å². The number of carbonyl (C=O) groups excluding carboxylic acids is 2. The Kier molecular flexibility index (Phi) is 3.44. The van der Waals surface area contributed by atoms with Gasteiger partial charge >= 0.3 is 0 Å². The monoisotopic (exact) mass is 291 g/mol. The van der Waals surface area contributed by atoms with E-state index < -0.39 is 0 Å². The lowest BCUT2D eigenvalue weighted by molar-refractivity contribution is -0.132. The first-order valence-electron chi connectivity index (χ1n) is 7.33. The second-order valence-corrected chi connectivity index (χ2v) is 5.88. The van der Waals surface area contributed by atoms with Crippen molar-refractivity contribution in [1.82, 2.24) is 20.4 Å². The molecule has 3 rings (SSSR count). The third kappa shape index (κ3) is 2.65. The molecule has 114 valence electrons. The molecular weight excluding hydrogens is 270 g/mol. The molecule has 2 fully saturated rings. The maximum absolute atomic E-state index is 11.9. The molecule has 0 aromatic carbocycles. The van der Waals surface area contributed by atoms with Crippen LogP contribution in [0.1, 0.15) is 31.0 Å². The minimum Gasteiger partial charge on any atom is -0.335 e. The number of anilines is 1. The van der Waals surface area contributed by atoms with Crippen LogP contribution < -0.4 is 15.5 Å². The Morgan fingerprint density at radius 3 is 2.76 bits per heavy atom. The van der Waals surface area contributed by atoms with Crippen LogP contribution >= 0.6 is 0 Å². The van der Waals surface area contributed by atoms with Gasteiger partial charge in [0.05, 0.1) is 12.2 Å². The topological polar surface area (TPSA) is 79.3 Å². The second kappa shape index (κ2) is 5.14. The van der Waals surface area contributed by atoms with Crippen LogP contribution in [0.15, 0.2) is 0 Å². The predicted octanol–water partition coefficient (Wildman–Crippen LogP) is -0.168. The fourth-order valence-electron chi connectivity index (χ4n) is 2.76. The van der Waals surface area contributed by atoms with E-state index in [9.17, 15) is 9.59 Å². The highest BCUT2D eigenvalue weighted by molar-refractivity contribution is 6.04. The number of hydrogen-bond donors (Lipinski definition) is 2. The van der Waals surface area contributed by atoms with Crippen LogP contribution in [0.5, 0.6) is 0 Å². The predicted molar refractivity (Wildman–Crippen MR) is 77.8 cm³/mol. The molecule has 1 saturated heterocycles. The van der Waals surface area contributed by atoms with E-state index in [1.54, 1.807) is 4.68 Å². The molecular formula is C14H21N5O2. The van der Waals surface area contributed by atoms with Gasteiger partial charge in [-0.15, -0.1) is 0 Å². The molecule has 0 radical (unpaired) electrons. The number of imide groups is 1. The average Bonchev–Trinajstić information content (AvgIpc) is 3.18. The zero-order valence-electron chi connectivity index (χ0n) is 12.6. The average molecular weight is 291 g/mol. The number of rotatable bonds is 4. The van der Waals surface area contributed by atoms with E-state index in [1.165, 1.54) is 12.8 Å². The van der Waals surface area contributed by atoms with Gasteiger partial charge in [0, 0.05) is 25.2 Å². The Labute approximate surface area is 123 Å². The first-order valence-corrected chi connectivity index (χ1v) is 7.33. The molecule has 2 N–H and O–H groups in total. The zero-order chi connectivity index (χ0) is 15.1. The summed E-state index contributed by atoms with van der Waals surface area (Å²) in [5.41, 5.74) is 2.00. The van der Waals surface area contributed by atoms with E-state index in [4.69, 9.17) is 0 Å². The molecule has 0 spiro atoms. The number of hydrogen-bond acceptors (Lipinski definition) is 5. The molecule has 1 atom stereocenters. The highest BCUT2D eigenvalue weighted by atomic mass is 16.2. The third-order valence-electron chi connectivity index (χ3n) is 4.15. The summed E-state index contributed by atoms with van der Waals surface area (Å²) in [6, 6.07) is 0.221. The molecule has 2 amide bonds. The Bertz CT molecular complexity index is 590. The van der Waals surface area contributed by atoms with Crippen LogP contribution in [0.4, 0.5) is 5.82 Å². The van der Waals surface area contributed by atoms with E-state index in [2.05, 4.69) is 15.7 Å². The molecule has 1 saturated carbocycles. The van der Waals surface area contributed by atoms with Gasteiger partial charge in [0.2, 0.25) is 11.8 Å². The van der Waals surface area contributed by atoms with Gasteiger partial charge in [0.25, 0.3) is 0 Å². The number of aromatic nitrogens is 2. The lowest BCUT2D eigenvalue weighted by Crippen LogP contribution is -2.57. The van der Waals surface area contributed by atoms with Gasteiger partial charge < -0.3 is 10.2 Å². The van der Waals surface area contributed by atoms with E-state index in [1.807, 2.05) is 25.8 Å². The summed E-state index contributed by atoms with van der Waals surface area (Å²) in [6.07, 6.45) is 2.44. The molecule has 1 aliphatic carbocycles. The van der Waals surface area contributed by atoms with Crippen molar-refractivity contribution < 1.29 is 9.59 Å². The summed E-state index contributed by atoms with van der Waals surface area (Å²) in [5, 5.41) is 10.3. The first-order chi connectivity index (χ1) is 9.97. The van der Waals surface area contributed by atoms with Crippen molar-refractivity contribution in [1.29, 1.82) is 0 Å². The largest absolute Gasteiger partial charge is 0.335 e. The normalized spacial score (nSPS) is 22.6. The highest BCUT2D eigenvalue weighted by Gasteiger charge is 2.34. The first kappa shape index (κ1) is 14.1. The van der Waals surface area contributed by atoms with Crippen LogP contribution in [0, 0.1) is 6.92 Å². The van der Waals surface area contributed by atoms with Gasteiger partial charge in [-0.3, -0.25) is 19.6 Å². The van der Waals surface area contributed by atoms with Crippen LogP contribution in [-0.4, -0.2) is 40.2 Å². The fraction of sp³-hybridized carbons (Fsp3) is 0.643. The van der Waals surface area contributed by atoms with E-state index in [0.717, 1.165) is 23.6 Å². The van der Waals surface area contributed by atoms with Crippen LogP contribution in [-0.2, 0) is 23.2 Å². The lowest BCUT2D eigenvalue weighted by atomic mass is 10.1. The molecule has 1 aliphatic heterocycles. The molecule has 2 aliphatic rings. The number of nitrogens with one attached hydrogen (secondary N) is 2.